The Hall–Kier alpha value is -1.95. The Kier molecular flexibility index (Phi) is 5.09. The number of nitrogens with zero attached hydrogens (tertiary/aromatic N) is 2. The fraction of sp³-hybridized carbons (Fsp3) is 0.364. The van der Waals surface area contributed by atoms with Crippen LogP contribution in [-0.4, -0.2) is 40.8 Å². The fourth-order valence-corrected chi connectivity index (χ4v) is 1.16. The summed E-state index contributed by atoms with van der Waals surface area (Å²) in [6.45, 7) is 6.72. The molecule has 6 heteroatoms. The molecular formula is C11H15N3O3. The van der Waals surface area contributed by atoms with Gasteiger partial charge in [0.25, 0.3) is 0 Å². The van der Waals surface area contributed by atoms with Crippen LogP contribution in [-0.2, 0) is 4.74 Å². The van der Waals surface area contributed by atoms with Crippen molar-refractivity contribution in [3.63, 3.8) is 0 Å². The number of hydrogen-bond donors (Lipinski definition) is 2. The fourth-order valence-electron chi connectivity index (χ4n) is 1.16. The van der Waals surface area contributed by atoms with Crippen LogP contribution in [0.1, 0.15) is 16.1 Å². The molecule has 0 aromatic carbocycles. The van der Waals surface area contributed by atoms with Gasteiger partial charge in [-0.1, -0.05) is 6.08 Å². The highest BCUT2D eigenvalue weighted by atomic mass is 16.5. The van der Waals surface area contributed by atoms with Gasteiger partial charge in [-0.15, -0.1) is 6.58 Å². The van der Waals surface area contributed by atoms with Crippen molar-refractivity contribution in [1.82, 2.24) is 9.97 Å². The van der Waals surface area contributed by atoms with Crippen molar-refractivity contribution in [1.29, 1.82) is 0 Å². The lowest BCUT2D eigenvalue weighted by atomic mass is 10.2. The third-order valence-electron chi connectivity index (χ3n) is 1.97. The molecule has 0 unspecified atom stereocenters. The molecule has 0 atom stereocenters. The normalized spacial score (nSPS) is 9.94. The van der Waals surface area contributed by atoms with E-state index in [-0.39, 0.29) is 5.56 Å². The maximum Gasteiger partial charge on any atom is 0.339 e. The van der Waals surface area contributed by atoms with Gasteiger partial charge in [0.1, 0.15) is 0 Å². The number of nitrogens with one attached hydrogen (secondary N) is 1. The smallest absolute Gasteiger partial charge is 0.339 e. The van der Waals surface area contributed by atoms with Crippen molar-refractivity contribution in [3.8, 4) is 0 Å². The molecule has 0 saturated carbocycles. The molecule has 1 rings (SSSR count). The van der Waals surface area contributed by atoms with Gasteiger partial charge in [0.05, 0.1) is 24.5 Å². The lowest BCUT2D eigenvalue weighted by molar-refractivity contribution is 0.0695. The molecule has 0 radical (unpaired) electrons. The molecule has 0 aliphatic rings. The van der Waals surface area contributed by atoms with E-state index in [4.69, 9.17) is 9.84 Å². The van der Waals surface area contributed by atoms with Crippen LogP contribution in [0.15, 0.2) is 18.9 Å². The number of aromatic carboxylic acids is 1. The summed E-state index contributed by atoms with van der Waals surface area (Å²) in [7, 11) is 0. The maximum absolute atomic E-state index is 10.7. The van der Waals surface area contributed by atoms with Crippen molar-refractivity contribution in [3.05, 3.63) is 30.1 Å². The molecule has 1 aromatic heterocycles. The third-order valence-corrected chi connectivity index (χ3v) is 1.97. The first-order chi connectivity index (χ1) is 8.15. The minimum absolute atomic E-state index is 0.110. The van der Waals surface area contributed by atoms with E-state index in [1.54, 1.807) is 13.0 Å². The van der Waals surface area contributed by atoms with Gasteiger partial charge in [0, 0.05) is 12.7 Å². The summed E-state index contributed by atoms with van der Waals surface area (Å²) in [5.74, 6) is -0.627. The summed E-state index contributed by atoms with van der Waals surface area (Å²) >= 11 is 0. The maximum atomic E-state index is 10.7. The SMILES string of the molecule is C=CCOCCNc1ncc(C(=O)O)c(C)n1. The quantitative estimate of drug-likeness (QED) is 0.545. The number of anilines is 1. The van der Waals surface area contributed by atoms with Crippen LogP contribution >= 0.6 is 0 Å². The number of ether oxygens (including phenoxy) is 1. The topological polar surface area (TPSA) is 84.3 Å². The number of aromatic nitrogens is 2. The van der Waals surface area contributed by atoms with Gasteiger partial charge in [-0.2, -0.15) is 0 Å². The van der Waals surface area contributed by atoms with Crippen LogP contribution in [0.2, 0.25) is 0 Å². The van der Waals surface area contributed by atoms with E-state index < -0.39 is 5.97 Å². The predicted molar refractivity (Wildman–Crippen MR) is 63.2 cm³/mol. The van der Waals surface area contributed by atoms with Crippen LogP contribution in [0, 0.1) is 6.92 Å². The average molecular weight is 237 g/mol. The molecule has 0 saturated heterocycles. The molecule has 0 spiro atoms. The first kappa shape index (κ1) is 13.1. The number of carboxylic acids is 1. The van der Waals surface area contributed by atoms with Gasteiger partial charge in [0.2, 0.25) is 5.95 Å². The first-order valence-corrected chi connectivity index (χ1v) is 5.14. The first-order valence-electron chi connectivity index (χ1n) is 5.14. The monoisotopic (exact) mass is 237 g/mol. The van der Waals surface area contributed by atoms with E-state index in [0.29, 0.717) is 31.4 Å². The molecule has 0 amide bonds. The van der Waals surface area contributed by atoms with Crippen LogP contribution in [0.4, 0.5) is 5.95 Å². The summed E-state index contributed by atoms with van der Waals surface area (Å²) in [5, 5.41) is 11.7. The van der Waals surface area contributed by atoms with E-state index in [9.17, 15) is 4.79 Å². The van der Waals surface area contributed by atoms with Crippen LogP contribution < -0.4 is 5.32 Å². The molecule has 2 N–H and O–H groups in total. The molecule has 0 aliphatic heterocycles. The summed E-state index contributed by atoms with van der Waals surface area (Å²) < 4.78 is 5.17. The minimum Gasteiger partial charge on any atom is -0.478 e. The second-order valence-corrected chi connectivity index (χ2v) is 3.29. The van der Waals surface area contributed by atoms with Crippen molar-refractivity contribution in [2.45, 2.75) is 6.92 Å². The highest BCUT2D eigenvalue weighted by molar-refractivity contribution is 5.88. The van der Waals surface area contributed by atoms with Gasteiger partial charge in [-0.3, -0.25) is 0 Å². The molecular weight excluding hydrogens is 222 g/mol. The van der Waals surface area contributed by atoms with Gasteiger partial charge >= 0.3 is 5.97 Å². The lowest BCUT2D eigenvalue weighted by Gasteiger charge is -2.06. The molecule has 6 nitrogen and oxygen atoms in total. The van der Waals surface area contributed by atoms with Crippen molar-refractivity contribution in [2.75, 3.05) is 25.1 Å². The highest BCUT2D eigenvalue weighted by Crippen LogP contribution is 2.06. The zero-order chi connectivity index (χ0) is 12.7. The third kappa shape index (κ3) is 4.20. The summed E-state index contributed by atoms with van der Waals surface area (Å²) in [5.41, 5.74) is 0.542. The van der Waals surface area contributed by atoms with Gasteiger partial charge in [-0.05, 0) is 6.92 Å². The highest BCUT2D eigenvalue weighted by Gasteiger charge is 2.09. The van der Waals surface area contributed by atoms with E-state index in [2.05, 4.69) is 21.9 Å². The van der Waals surface area contributed by atoms with Crippen LogP contribution in [0.25, 0.3) is 0 Å². The average Bonchev–Trinajstić information content (AvgIpc) is 2.28. The van der Waals surface area contributed by atoms with E-state index >= 15 is 0 Å². The lowest BCUT2D eigenvalue weighted by Crippen LogP contribution is -2.13. The Labute approximate surface area is 99.4 Å². The second-order valence-electron chi connectivity index (χ2n) is 3.29. The van der Waals surface area contributed by atoms with Gasteiger partial charge in [0.15, 0.2) is 0 Å². The zero-order valence-corrected chi connectivity index (χ0v) is 9.64. The second kappa shape index (κ2) is 6.59. The van der Waals surface area contributed by atoms with Gasteiger partial charge < -0.3 is 15.2 Å². The largest absolute Gasteiger partial charge is 0.478 e. The van der Waals surface area contributed by atoms with Gasteiger partial charge in [-0.25, -0.2) is 14.8 Å². The summed E-state index contributed by atoms with van der Waals surface area (Å²) in [6, 6.07) is 0. The van der Waals surface area contributed by atoms with Crippen LogP contribution in [0.3, 0.4) is 0 Å². The Balaban J connectivity index is 2.47. The predicted octanol–water partition coefficient (Wildman–Crippen LogP) is 1.10. The Morgan fingerprint density at radius 3 is 3.06 bits per heavy atom. The van der Waals surface area contributed by atoms with Crippen molar-refractivity contribution < 1.29 is 14.6 Å². The Morgan fingerprint density at radius 2 is 2.47 bits per heavy atom. The van der Waals surface area contributed by atoms with Crippen LogP contribution in [0.5, 0.6) is 0 Å². The summed E-state index contributed by atoms with van der Waals surface area (Å²) in [6.07, 6.45) is 2.96. The van der Waals surface area contributed by atoms with Crippen molar-refractivity contribution in [2.24, 2.45) is 0 Å². The number of carbonyl (C=O) groups is 1. The standard InChI is InChI=1S/C11H15N3O3/c1-3-5-17-6-4-12-11-13-7-9(10(15)16)8(2)14-11/h3,7H,1,4-6H2,2H3,(H,15,16)(H,12,13,14). The Morgan fingerprint density at radius 1 is 1.71 bits per heavy atom. The van der Waals surface area contributed by atoms with E-state index in [0.717, 1.165) is 0 Å². The zero-order valence-electron chi connectivity index (χ0n) is 9.64. The molecule has 1 heterocycles. The number of carboxylic acid groups (broad SMARTS) is 1. The molecule has 92 valence electrons. The number of aryl methyl sites for hydroxylation is 1. The summed E-state index contributed by atoms with van der Waals surface area (Å²) in [4.78, 5) is 18.7. The minimum atomic E-state index is -1.02. The Bertz CT molecular complexity index is 407. The molecule has 0 aliphatic carbocycles. The molecule has 17 heavy (non-hydrogen) atoms. The molecule has 0 bridgehead atoms. The number of rotatable bonds is 7. The molecule has 0 fully saturated rings. The van der Waals surface area contributed by atoms with Crippen molar-refractivity contribution >= 4 is 11.9 Å². The van der Waals surface area contributed by atoms with E-state index in [1.165, 1.54) is 6.20 Å². The molecule has 1 aromatic rings. The number of hydrogen-bond acceptors (Lipinski definition) is 5. The van der Waals surface area contributed by atoms with E-state index in [1.807, 2.05) is 0 Å².